The van der Waals surface area contributed by atoms with Gasteiger partial charge in [-0.3, -0.25) is 14.6 Å². The Hall–Kier alpha value is -3.58. The van der Waals surface area contributed by atoms with Crippen LogP contribution in [0.25, 0.3) is 0 Å². The fourth-order valence-electron chi connectivity index (χ4n) is 4.24. The van der Waals surface area contributed by atoms with Crippen LogP contribution in [-0.2, 0) is 6.54 Å². The van der Waals surface area contributed by atoms with Crippen molar-refractivity contribution in [3.8, 4) is 0 Å². The zero-order chi connectivity index (χ0) is 23.2. The van der Waals surface area contributed by atoms with Gasteiger partial charge in [-0.2, -0.15) is 0 Å². The molecule has 1 saturated carbocycles. The van der Waals surface area contributed by atoms with E-state index in [2.05, 4.69) is 10.3 Å². The molecular formula is C26H27FN4O2. The van der Waals surface area contributed by atoms with Crippen LogP contribution in [0.1, 0.15) is 52.0 Å². The Morgan fingerprint density at radius 1 is 1.03 bits per heavy atom. The van der Waals surface area contributed by atoms with E-state index >= 15 is 0 Å². The van der Waals surface area contributed by atoms with Crippen LogP contribution in [0, 0.1) is 5.82 Å². The minimum Gasteiger partial charge on any atom is -0.330 e. The summed E-state index contributed by atoms with van der Waals surface area (Å²) >= 11 is 0. The maximum atomic E-state index is 13.8. The number of nitrogens with one attached hydrogen (secondary N) is 1. The number of hydrogen-bond acceptors (Lipinski definition) is 4. The van der Waals surface area contributed by atoms with E-state index in [0.717, 1.165) is 31.2 Å². The molecule has 33 heavy (non-hydrogen) atoms. The predicted octanol–water partition coefficient (Wildman–Crippen LogP) is 4.39. The molecule has 1 aromatic heterocycles. The molecule has 1 aliphatic rings. The summed E-state index contributed by atoms with van der Waals surface area (Å²) < 4.78 is 13.8. The van der Waals surface area contributed by atoms with E-state index in [4.69, 9.17) is 5.73 Å². The van der Waals surface area contributed by atoms with Gasteiger partial charge in [-0.1, -0.05) is 31.0 Å². The third-order valence-electron chi connectivity index (χ3n) is 6.00. The lowest BCUT2D eigenvalue weighted by atomic mass is 9.89. The van der Waals surface area contributed by atoms with Crippen molar-refractivity contribution < 1.29 is 14.0 Å². The Morgan fingerprint density at radius 2 is 1.79 bits per heavy atom. The molecule has 7 heteroatoms. The molecule has 0 aliphatic heterocycles. The Labute approximate surface area is 192 Å². The largest absolute Gasteiger partial charge is 0.330 e. The van der Waals surface area contributed by atoms with Crippen molar-refractivity contribution in [3.63, 3.8) is 0 Å². The van der Waals surface area contributed by atoms with Crippen LogP contribution in [0.4, 0.5) is 10.1 Å². The molecule has 2 aromatic carbocycles. The molecule has 2 unspecified atom stereocenters. The number of aromatic nitrogens is 1. The van der Waals surface area contributed by atoms with Gasteiger partial charge in [0.15, 0.2) is 0 Å². The average molecular weight is 447 g/mol. The van der Waals surface area contributed by atoms with Crippen molar-refractivity contribution in [2.45, 2.75) is 44.3 Å². The number of amides is 2. The summed E-state index contributed by atoms with van der Waals surface area (Å²) in [6, 6.07) is 16.3. The highest BCUT2D eigenvalue weighted by atomic mass is 19.1. The van der Waals surface area contributed by atoms with Crippen LogP contribution in [0.5, 0.6) is 0 Å². The topological polar surface area (TPSA) is 88.3 Å². The van der Waals surface area contributed by atoms with Crippen molar-refractivity contribution in [3.05, 3.63) is 95.6 Å². The van der Waals surface area contributed by atoms with Crippen LogP contribution in [0.2, 0.25) is 0 Å². The number of pyridine rings is 1. The summed E-state index contributed by atoms with van der Waals surface area (Å²) in [5, 5.41) is 2.84. The number of carbonyl (C=O) groups excluding carboxylic acids is 2. The summed E-state index contributed by atoms with van der Waals surface area (Å²) in [4.78, 5) is 31.4. The number of carbonyl (C=O) groups is 2. The van der Waals surface area contributed by atoms with Crippen LogP contribution >= 0.6 is 0 Å². The van der Waals surface area contributed by atoms with Crippen LogP contribution < -0.4 is 11.1 Å². The molecule has 0 saturated heterocycles. The average Bonchev–Trinajstić information content (AvgIpc) is 2.84. The number of halogens is 1. The second kappa shape index (κ2) is 10.4. The third kappa shape index (κ3) is 5.62. The lowest BCUT2D eigenvalue weighted by Gasteiger charge is -2.38. The van der Waals surface area contributed by atoms with E-state index < -0.39 is 5.82 Å². The zero-order valence-electron chi connectivity index (χ0n) is 18.3. The zero-order valence-corrected chi connectivity index (χ0v) is 18.3. The second-order valence-corrected chi connectivity index (χ2v) is 8.35. The molecule has 2 amide bonds. The van der Waals surface area contributed by atoms with Gasteiger partial charge in [-0.05, 0) is 60.9 Å². The molecule has 3 N–H and O–H groups in total. The number of rotatable bonds is 6. The van der Waals surface area contributed by atoms with Crippen molar-refractivity contribution in [1.29, 1.82) is 0 Å². The lowest BCUT2D eigenvalue weighted by molar-refractivity contribution is 0.0583. The van der Waals surface area contributed by atoms with E-state index in [1.165, 1.54) is 18.3 Å². The highest BCUT2D eigenvalue weighted by Gasteiger charge is 2.31. The van der Waals surface area contributed by atoms with Gasteiger partial charge in [-0.25, -0.2) is 4.39 Å². The van der Waals surface area contributed by atoms with Gasteiger partial charge in [0.05, 0.1) is 5.56 Å². The second-order valence-electron chi connectivity index (χ2n) is 8.35. The first kappa shape index (κ1) is 22.6. The standard InChI is InChI=1S/C26H27FN4O2/c27-21-7-3-5-19(15-21)26(33)31(24-9-2-1-8-23(24)28)17-18-10-12-22(13-11-18)30-25(32)20-6-4-14-29-16-20/h3-7,10-16,23-24H,1-2,8-9,17,28H2,(H,30,32). The lowest BCUT2D eigenvalue weighted by Crippen LogP contribution is -2.51. The molecule has 3 aromatic rings. The summed E-state index contributed by atoms with van der Waals surface area (Å²) in [6.07, 6.45) is 6.85. The predicted molar refractivity (Wildman–Crippen MR) is 125 cm³/mol. The molecule has 170 valence electrons. The van der Waals surface area contributed by atoms with E-state index in [0.29, 0.717) is 23.4 Å². The van der Waals surface area contributed by atoms with E-state index in [-0.39, 0.29) is 23.9 Å². The van der Waals surface area contributed by atoms with E-state index in [1.807, 2.05) is 12.1 Å². The van der Waals surface area contributed by atoms with Crippen molar-refractivity contribution in [1.82, 2.24) is 9.88 Å². The minimum atomic E-state index is -0.442. The van der Waals surface area contributed by atoms with Gasteiger partial charge < -0.3 is 16.0 Å². The molecule has 0 bridgehead atoms. The summed E-state index contributed by atoms with van der Waals surface area (Å²) in [6.45, 7) is 0.352. The molecule has 1 aliphatic carbocycles. The first-order chi connectivity index (χ1) is 16.0. The molecule has 6 nitrogen and oxygen atoms in total. The van der Waals surface area contributed by atoms with Crippen molar-refractivity contribution in [2.75, 3.05) is 5.32 Å². The Kier molecular flexibility index (Phi) is 7.10. The van der Waals surface area contributed by atoms with Crippen molar-refractivity contribution in [2.24, 2.45) is 5.73 Å². The maximum absolute atomic E-state index is 13.8. The third-order valence-corrected chi connectivity index (χ3v) is 6.00. The van der Waals surface area contributed by atoms with Gasteiger partial charge in [0, 0.05) is 42.3 Å². The number of anilines is 1. The molecule has 0 radical (unpaired) electrons. The quantitative estimate of drug-likeness (QED) is 0.588. The molecular weight excluding hydrogens is 419 g/mol. The molecule has 1 heterocycles. The van der Waals surface area contributed by atoms with Crippen LogP contribution in [0.15, 0.2) is 73.1 Å². The highest BCUT2D eigenvalue weighted by molar-refractivity contribution is 6.04. The number of hydrogen-bond donors (Lipinski definition) is 2. The number of benzene rings is 2. The highest BCUT2D eigenvalue weighted by Crippen LogP contribution is 2.26. The Balaban J connectivity index is 1.52. The van der Waals surface area contributed by atoms with Crippen LogP contribution in [0.3, 0.4) is 0 Å². The van der Waals surface area contributed by atoms with Gasteiger partial charge in [0.1, 0.15) is 5.82 Å². The van der Waals surface area contributed by atoms with Gasteiger partial charge in [0.25, 0.3) is 11.8 Å². The summed E-state index contributed by atoms with van der Waals surface area (Å²) in [5.41, 5.74) is 8.72. The number of nitrogens with two attached hydrogens (primary N) is 1. The SMILES string of the molecule is NC1CCCCC1N(Cc1ccc(NC(=O)c2cccnc2)cc1)C(=O)c1cccc(F)c1. The van der Waals surface area contributed by atoms with Crippen LogP contribution in [-0.4, -0.2) is 33.8 Å². The Bertz CT molecular complexity index is 1100. The minimum absolute atomic E-state index is 0.112. The fraction of sp³-hybridized carbons (Fsp3) is 0.269. The van der Waals surface area contributed by atoms with Gasteiger partial charge in [0.2, 0.25) is 0 Å². The first-order valence-corrected chi connectivity index (χ1v) is 11.1. The maximum Gasteiger partial charge on any atom is 0.257 e. The van der Waals surface area contributed by atoms with E-state index in [1.54, 1.807) is 47.5 Å². The monoisotopic (exact) mass is 446 g/mol. The smallest absolute Gasteiger partial charge is 0.257 e. The molecule has 0 spiro atoms. The first-order valence-electron chi connectivity index (χ1n) is 11.1. The Morgan fingerprint density at radius 3 is 2.48 bits per heavy atom. The molecule has 4 rings (SSSR count). The normalized spacial score (nSPS) is 17.9. The fourth-order valence-corrected chi connectivity index (χ4v) is 4.24. The molecule has 2 atom stereocenters. The summed E-state index contributed by atoms with van der Waals surface area (Å²) in [5.74, 6) is -0.916. The van der Waals surface area contributed by atoms with E-state index in [9.17, 15) is 14.0 Å². The van der Waals surface area contributed by atoms with Gasteiger partial charge in [-0.15, -0.1) is 0 Å². The van der Waals surface area contributed by atoms with Gasteiger partial charge >= 0.3 is 0 Å². The summed E-state index contributed by atoms with van der Waals surface area (Å²) in [7, 11) is 0. The molecule has 1 fully saturated rings. The number of nitrogens with zero attached hydrogens (tertiary/aromatic N) is 2. The van der Waals surface area contributed by atoms with Crippen molar-refractivity contribution >= 4 is 17.5 Å².